The summed E-state index contributed by atoms with van der Waals surface area (Å²) in [6, 6.07) is 7.20. The maximum absolute atomic E-state index is 12.3. The number of carboxylic acids is 1. The number of benzene rings is 1. The van der Waals surface area contributed by atoms with Crippen LogP contribution in [0.2, 0.25) is 5.02 Å². The molecule has 0 unspecified atom stereocenters. The fourth-order valence-corrected chi connectivity index (χ4v) is 2.40. The molecule has 112 valence electrons. The van der Waals surface area contributed by atoms with E-state index in [0.29, 0.717) is 5.02 Å². The van der Waals surface area contributed by atoms with E-state index < -0.39 is 5.97 Å². The van der Waals surface area contributed by atoms with Crippen LogP contribution in [0.5, 0.6) is 0 Å². The molecule has 1 aromatic carbocycles. The molecule has 0 spiro atoms. The van der Waals surface area contributed by atoms with Crippen molar-refractivity contribution in [2.75, 3.05) is 6.54 Å². The lowest BCUT2D eigenvalue weighted by Gasteiger charge is -2.25. The average molecular weight is 309 g/mol. The van der Waals surface area contributed by atoms with Gasteiger partial charge in [-0.2, -0.15) is 0 Å². The summed E-state index contributed by atoms with van der Waals surface area (Å²) in [6.45, 7) is 3.39. The third-order valence-electron chi connectivity index (χ3n) is 3.29. The number of carbonyl (C=O) groups excluding carboxylic acids is 1. The first-order chi connectivity index (χ1) is 9.88. The Morgan fingerprint density at radius 1 is 1.33 bits per heavy atom. The van der Waals surface area contributed by atoms with E-state index in [1.807, 2.05) is 12.1 Å². The molecule has 21 heavy (non-hydrogen) atoms. The van der Waals surface area contributed by atoms with Gasteiger partial charge in [0.15, 0.2) is 0 Å². The standard InChI is InChI=1S/C15H17ClN2O3/c1-10(2)18(9-15(20)21)14(19)8-17-6-5-11-3-4-12(16)7-13(11)17/h3-7,10H,8-9H2,1-2H3,(H,20,21). The van der Waals surface area contributed by atoms with Crippen LogP contribution in [0, 0.1) is 0 Å². The van der Waals surface area contributed by atoms with Crippen molar-refractivity contribution in [3.8, 4) is 0 Å². The number of hydrogen-bond donors (Lipinski definition) is 1. The highest BCUT2D eigenvalue weighted by atomic mass is 35.5. The third kappa shape index (κ3) is 3.55. The van der Waals surface area contributed by atoms with Gasteiger partial charge < -0.3 is 14.6 Å². The van der Waals surface area contributed by atoms with Crippen molar-refractivity contribution >= 4 is 34.4 Å². The third-order valence-corrected chi connectivity index (χ3v) is 3.53. The first-order valence-corrected chi connectivity index (χ1v) is 7.02. The molecule has 0 aliphatic rings. The summed E-state index contributed by atoms with van der Waals surface area (Å²) in [7, 11) is 0. The molecule has 6 heteroatoms. The van der Waals surface area contributed by atoms with Crippen molar-refractivity contribution in [3.63, 3.8) is 0 Å². The average Bonchev–Trinajstić information content (AvgIpc) is 2.78. The van der Waals surface area contributed by atoms with Crippen LogP contribution in [0.1, 0.15) is 13.8 Å². The minimum Gasteiger partial charge on any atom is -0.480 e. The normalized spacial score (nSPS) is 11.0. The van der Waals surface area contributed by atoms with E-state index in [-0.39, 0.29) is 25.0 Å². The molecule has 1 N–H and O–H groups in total. The van der Waals surface area contributed by atoms with Crippen LogP contribution < -0.4 is 0 Å². The van der Waals surface area contributed by atoms with E-state index in [0.717, 1.165) is 10.9 Å². The van der Waals surface area contributed by atoms with Crippen molar-refractivity contribution in [3.05, 3.63) is 35.5 Å². The molecule has 0 bridgehead atoms. The quantitative estimate of drug-likeness (QED) is 0.923. The van der Waals surface area contributed by atoms with E-state index in [1.165, 1.54) is 4.90 Å². The number of hydrogen-bond acceptors (Lipinski definition) is 2. The number of aliphatic carboxylic acids is 1. The molecule has 0 saturated carbocycles. The maximum Gasteiger partial charge on any atom is 0.323 e. The second-order valence-electron chi connectivity index (χ2n) is 5.16. The van der Waals surface area contributed by atoms with Crippen LogP contribution in [0.25, 0.3) is 10.9 Å². The smallest absolute Gasteiger partial charge is 0.323 e. The molecule has 0 radical (unpaired) electrons. The second-order valence-corrected chi connectivity index (χ2v) is 5.59. The highest BCUT2D eigenvalue weighted by Gasteiger charge is 2.20. The van der Waals surface area contributed by atoms with Crippen LogP contribution in [0.15, 0.2) is 30.5 Å². The summed E-state index contributed by atoms with van der Waals surface area (Å²) in [5.74, 6) is -1.25. The summed E-state index contributed by atoms with van der Waals surface area (Å²) < 4.78 is 1.78. The van der Waals surface area contributed by atoms with Crippen LogP contribution in [-0.4, -0.2) is 39.0 Å². The van der Waals surface area contributed by atoms with E-state index in [2.05, 4.69) is 0 Å². The number of fused-ring (bicyclic) bond motifs is 1. The molecular weight excluding hydrogens is 292 g/mol. The molecule has 1 aromatic heterocycles. The van der Waals surface area contributed by atoms with Gasteiger partial charge in [-0.25, -0.2) is 0 Å². The maximum atomic E-state index is 12.3. The lowest BCUT2D eigenvalue weighted by atomic mass is 10.2. The first-order valence-electron chi connectivity index (χ1n) is 6.64. The molecule has 1 amide bonds. The number of amides is 1. The molecule has 0 aliphatic heterocycles. The van der Waals surface area contributed by atoms with Crippen molar-refractivity contribution in [2.24, 2.45) is 0 Å². The van der Waals surface area contributed by atoms with Gasteiger partial charge in [-0.1, -0.05) is 17.7 Å². The minimum atomic E-state index is -1.02. The Labute approximate surface area is 127 Å². The number of halogens is 1. The molecule has 1 heterocycles. The predicted molar refractivity (Wildman–Crippen MR) is 81.4 cm³/mol. The largest absolute Gasteiger partial charge is 0.480 e. The highest BCUT2D eigenvalue weighted by Crippen LogP contribution is 2.20. The van der Waals surface area contributed by atoms with Crippen molar-refractivity contribution in [2.45, 2.75) is 26.4 Å². The number of nitrogens with zero attached hydrogens (tertiary/aromatic N) is 2. The number of carbonyl (C=O) groups is 2. The second kappa shape index (κ2) is 6.18. The fourth-order valence-electron chi connectivity index (χ4n) is 2.24. The summed E-state index contributed by atoms with van der Waals surface area (Å²) in [5, 5.41) is 10.5. The molecule has 5 nitrogen and oxygen atoms in total. The Balaban J connectivity index is 2.24. The molecule has 0 fully saturated rings. The first kappa shape index (κ1) is 15.4. The summed E-state index contributed by atoms with van der Waals surface area (Å²) in [4.78, 5) is 24.5. The summed E-state index contributed by atoms with van der Waals surface area (Å²) >= 11 is 5.98. The van der Waals surface area contributed by atoms with Crippen LogP contribution in [0.3, 0.4) is 0 Å². The lowest BCUT2D eigenvalue weighted by Crippen LogP contribution is -2.42. The zero-order chi connectivity index (χ0) is 15.6. The van der Waals surface area contributed by atoms with Crippen molar-refractivity contribution in [1.82, 2.24) is 9.47 Å². The molecule has 0 aliphatic carbocycles. The molecule has 0 saturated heterocycles. The fraction of sp³-hybridized carbons (Fsp3) is 0.333. The Morgan fingerprint density at radius 2 is 2.05 bits per heavy atom. The zero-order valence-electron chi connectivity index (χ0n) is 11.9. The number of carboxylic acid groups (broad SMARTS) is 1. The Morgan fingerprint density at radius 3 is 2.67 bits per heavy atom. The van der Waals surface area contributed by atoms with E-state index in [9.17, 15) is 9.59 Å². The monoisotopic (exact) mass is 308 g/mol. The molecule has 2 aromatic rings. The van der Waals surface area contributed by atoms with E-state index in [1.54, 1.807) is 36.7 Å². The van der Waals surface area contributed by atoms with Gasteiger partial charge in [0.2, 0.25) is 5.91 Å². The van der Waals surface area contributed by atoms with Gasteiger partial charge in [-0.3, -0.25) is 9.59 Å². The molecular formula is C15H17ClN2O3. The Kier molecular flexibility index (Phi) is 4.53. The number of rotatable bonds is 5. The van der Waals surface area contributed by atoms with Crippen LogP contribution >= 0.6 is 11.6 Å². The molecule has 2 rings (SSSR count). The SMILES string of the molecule is CC(C)N(CC(=O)O)C(=O)Cn1ccc2ccc(Cl)cc21. The highest BCUT2D eigenvalue weighted by molar-refractivity contribution is 6.31. The van der Waals surface area contributed by atoms with E-state index in [4.69, 9.17) is 16.7 Å². The minimum absolute atomic E-state index is 0.0926. The lowest BCUT2D eigenvalue weighted by molar-refractivity contribution is -0.146. The van der Waals surface area contributed by atoms with Gasteiger partial charge in [0.05, 0.1) is 0 Å². The Bertz CT molecular complexity index is 679. The number of aromatic nitrogens is 1. The van der Waals surface area contributed by atoms with Crippen molar-refractivity contribution in [1.29, 1.82) is 0 Å². The van der Waals surface area contributed by atoms with Crippen LogP contribution in [-0.2, 0) is 16.1 Å². The van der Waals surface area contributed by atoms with Gasteiger partial charge in [-0.15, -0.1) is 0 Å². The van der Waals surface area contributed by atoms with E-state index >= 15 is 0 Å². The van der Waals surface area contributed by atoms with Gasteiger partial charge in [0.1, 0.15) is 13.1 Å². The summed E-state index contributed by atoms with van der Waals surface area (Å²) in [5.41, 5.74) is 0.856. The predicted octanol–water partition coefficient (Wildman–Crippen LogP) is 2.62. The van der Waals surface area contributed by atoms with Crippen LogP contribution in [0.4, 0.5) is 0 Å². The van der Waals surface area contributed by atoms with Crippen molar-refractivity contribution < 1.29 is 14.7 Å². The summed E-state index contributed by atoms with van der Waals surface area (Å²) in [6.07, 6.45) is 1.80. The molecule has 0 atom stereocenters. The zero-order valence-corrected chi connectivity index (χ0v) is 12.7. The Hall–Kier alpha value is -2.01. The van der Waals surface area contributed by atoms with Gasteiger partial charge >= 0.3 is 5.97 Å². The topological polar surface area (TPSA) is 62.5 Å². The van der Waals surface area contributed by atoms with Gasteiger partial charge in [0.25, 0.3) is 0 Å². The van der Waals surface area contributed by atoms with Gasteiger partial charge in [-0.05, 0) is 37.4 Å². The van der Waals surface area contributed by atoms with Gasteiger partial charge in [0, 0.05) is 22.8 Å².